The molecule has 34 heavy (non-hydrogen) atoms. The summed E-state index contributed by atoms with van der Waals surface area (Å²) in [7, 11) is 0. The molecule has 2 aromatic heterocycles. The van der Waals surface area contributed by atoms with Crippen molar-refractivity contribution < 1.29 is 14.4 Å². The molecule has 180 valence electrons. The second-order valence-electron chi connectivity index (χ2n) is 8.82. The van der Waals surface area contributed by atoms with Gasteiger partial charge in [-0.05, 0) is 56.0 Å². The number of benzene rings is 1. The lowest BCUT2D eigenvalue weighted by Crippen LogP contribution is -2.46. The van der Waals surface area contributed by atoms with Gasteiger partial charge in [0.05, 0.1) is 16.6 Å². The molecule has 2 heterocycles. The number of nitrogens with one attached hydrogen (secondary N) is 4. The first kappa shape index (κ1) is 23.9. The summed E-state index contributed by atoms with van der Waals surface area (Å²) in [5.74, 6) is -0.594. The predicted molar refractivity (Wildman–Crippen MR) is 133 cm³/mol. The first-order chi connectivity index (χ1) is 16.4. The van der Waals surface area contributed by atoms with Crippen LogP contribution in [0.25, 0.3) is 10.9 Å². The van der Waals surface area contributed by atoms with Crippen molar-refractivity contribution in [2.45, 2.75) is 71.0 Å². The van der Waals surface area contributed by atoms with Crippen molar-refractivity contribution in [3.63, 3.8) is 0 Å². The fourth-order valence-electron chi connectivity index (χ4n) is 4.29. The Labute approximate surface area is 202 Å². The summed E-state index contributed by atoms with van der Waals surface area (Å²) in [6.07, 6.45) is 7.77. The van der Waals surface area contributed by atoms with Crippen LogP contribution in [0.1, 0.15) is 75.9 Å². The number of carbonyl (C=O) groups is 3. The molecule has 1 aromatic carbocycles. The Balaban J connectivity index is 1.32. The van der Waals surface area contributed by atoms with Gasteiger partial charge in [0.1, 0.15) is 6.04 Å². The van der Waals surface area contributed by atoms with Crippen LogP contribution in [0.4, 0.5) is 0 Å². The number of amides is 3. The van der Waals surface area contributed by atoms with E-state index in [1.54, 1.807) is 24.4 Å². The van der Waals surface area contributed by atoms with Crippen molar-refractivity contribution in [3.8, 4) is 0 Å². The number of H-pyrrole nitrogens is 1. The Morgan fingerprint density at radius 2 is 1.94 bits per heavy atom. The standard InChI is InChI=1S/C25H31N5O3S/c1-3-20(29-23(31)16-9-10-21-18(11-16)14-27-30-21)24(32)26-13-17-12-22(34-15(17)2)25(33)28-19-7-5-4-6-8-19/h9-12,14,19-20H,3-8,13H2,1-2H3,(H,26,32)(H,27,30)(H,28,33)(H,29,31)/t20-/m1/s1. The van der Waals surface area contributed by atoms with Gasteiger partial charge in [-0.15, -0.1) is 11.3 Å². The predicted octanol–water partition coefficient (Wildman–Crippen LogP) is 3.82. The van der Waals surface area contributed by atoms with Crippen LogP contribution in [0.15, 0.2) is 30.5 Å². The molecule has 0 unspecified atom stereocenters. The van der Waals surface area contributed by atoms with Gasteiger partial charge in [-0.25, -0.2) is 0 Å². The molecule has 0 saturated heterocycles. The van der Waals surface area contributed by atoms with Crippen LogP contribution in [-0.4, -0.2) is 40.0 Å². The highest BCUT2D eigenvalue weighted by Crippen LogP contribution is 2.23. The van der Waals surface area contributed by atoms with Crippen LogP contribution in [0.5, 0.6) is 0 Å². The van der Waals surface area contributed by atoms with Crippen LogP contribution in [0, 0.1) is 6.92 Å². The highest BCUT2D eigenvalue weighted by atomic mass is 32.1. The van der Waals surface area contributed by atoms with Gasteiger partial charge in [0, 0.05) is 28.4 Å². The molecule has 4 rings (SSSR count). The van der Waals surface area contributed by atoms with Gasteiger partial charge < -0.3 is 16.0 Å². The first-order valence-electron chi connectivity index (χ1n) is 11.9. The fourth-order valence-corrected chi connectivity index (χ4v) is 5.24. The molecule has 0 aliphatic heterocycles. The van der Waals surface area contributed by atoms with Gasteiger partial charge in [-0.3, -0.25) is 19.5 Å². The summed E-state index contributed by atoms with van der Waals surface area (Å²) in [6, 6.07) is 6.70. The quantitative estimate of drug-likeness (QED) is 0.391. The molecule has 1 atom stereocenters. The highest BCUT2D eigenvalue weighted by molar-refractivity contribution is 7.14. The molecule has 1 aliphatic carbocycles. The maximum Gasteiger partial charge on any atom is 0.261 e. The minimum absolute atomic E-state index is 0.0362. The van der Waals surface area contributed by atoms with Gasteiger partial charge in [0.25, 0.3) is 11.8 Å². The van der Waals surface area contributed by atoms with Crippen LogP contribution < -0.4 is 16.0 Å². The third-order valence-corrected chi connectivity index (χ3v) is 7.46. The summed E-state index contributed by atoms with van der Waals surface area (Å²) >= 11 is 1.45. The molecule has 9 heteroatoms. The maximum atomic E-state index is 12.8. The molecule has 1 fully saturated rings. The minimum atomic E-state index is -0.652. The Morgan fingerprint density at radius 3 is 2.71 bits per heavy atom. The van der Waals surface area contributed by atoms with E-state index >= 15 is 0 Å². The minimum Gasteiger partial charge on any atom is -0.350 e. The Bertz CT molecular complexity index is 1180. The molecule has 4 N–H and O–H groups in total. The van der Waals surface area contributed by atoms with Gasteiger partial charge in [-0.1, -0.05) is 26.2 Å². The summed E-state index contributed by atoms with van der Waals surface area (Å²) < 4.78 is 0. The lowest BCUT2D eigenvalue weighted by molar-refractivity contribution is -0.123. The molecule has 3 aromatic rings. The van der Waals surface area contributed by atoms with E-state index in [2.05, 4.69) is 26.1 Å². The Kier molecular flexibility index (Phi) is 7.62. The number of hydrogen-bond acceptors (Lipinski definition) is 5. The summed E-state index contributed by atoms with van der Waals surface area (Å²) in [6.45, 7) is 4.12. The fraction of sp³-hybridized carbons (Fsp3) is 0.440. The van der Waals surface area contributed by atoms with E-state index in [1.807, 2.05) is 19.9 Å². The van der Waals surface area contributed by atoms with Crippen LogP contribution in [0.3, 0.4) is 0 Å². The van der Waals surface area contributed by atoms with Crippen molar-refractivity contribution in [1.29, 1.82) is 0 Å². The van der Waals surface area contributed by atoms with E-state index in [0.717, 1.165) is 34.2 Å². The zero-order valence-corrected chi connectivity index (χ0v) is 20.4. The molecule has 0 bridgehead atoms. The van der Waals surface area contributed by atoms with Gasteiger partial charge >= 0.3 is 0 Å². The molecule has 0 radical (unpaired) electrons. The highest BCUT2D eigenvalue weighted by Gasteiger charge is 2.22. The van der Waals surface area contributed by atoms with Crippen LogP contribution in [-0.2, 0) is 11.3 Å². The van der Waals surface area contributed by atoms with Crippen molar-refractivity contribution in [2.75, 3.05) is 0 Å². The van der Waals surface area contributed by atoms with Crippen molar-refractivity contribution >= 4 is 40.0 Å². The average molecular weight is 482 g/mol. The number of rotatable bonds is 8. The maximum absolute atomic E-state index is 12.8. The smallest absolute Gasteiger partial charge is 0.261 e. The number of aromatic nitrogens is 2. The normalized spacial score (nSPS) is 15.1. The molecule has 8 nitrogen and oxygen atoms in total. The third-order valence-electron chi connectivity index (χ3n) is 6.37. The zero-order valence-electron chi connectivity index (χ0n) is 19.6. The Hall–Kier alpha value is -3.20. The SMILES string of the molecule is CC[C@@H](NC(=O)c1ccc2[nH]ncc2c1)C(=O)NCc1cc(C(=O)NC2CCCCC2)sc1C. The topological polar surface area (TPSA) is 116 Å². The van der Waals surface area contributed by atoms with E-state index in [9.17, 15) is 14.4 Å². The Morgan fingerprint density at radius 1 is 1.15 bits per heavy atom. The van der Waals surface area contributed by atoms with E-state index in [4.69, 9.17) is 0 Å². The number of aryl methyl sites for hydroxylation is 1. The largest absolute Gasteiger partial charge is 0.350 e. The van der Waals surface area contributed by atoms with Crippen molar-refractivity contribution in [1.82, 2.24) is 26.1 Å². The first-order valence-corrected chi connectivity index (χ1v) is 12.7. The average Bonchev–Trinajstić information content (AvgIpc) is 3.47. The molecular formula is C25H31N5O3S. The van der Waals surface area contributed by atoms with E-state index in [1.165, 1.54) is 30.6 Å². The summed E-state index contributed by atoms with van der Waals surface area (Å²) in [5.41, 5.74) is 2.24. The summed E-state index contributed by atoms with van der Waals surface area (Å²) in [4.78, 5) is 39.8. The molecule has 0 spiro atoms. The number of hydrogen-bond donors (Lipinski definition) is 4. The molecule has 1 saturated carbocycles. The molecule has 3 amide bonds. The summed E-state index contributed by atoms with van der Waals surface area (Å²) in [5, 5.41) is 16.5. The number of carbonyl (C=O) groups excluding carboxylic acids is 3. The number of thiophene rings is 1. The van der Waals surface area contributed by atoms with E-state index < -0.39 is 6.04 Å². The number of aromatic amines is 1. The number of fused-ring (bicyclic) bond motifs is 1. The van der Waals surface area contributed by atoms with E-state index in [-0.39, 0.29) is 23.8 Å². The van der Waals surface area contributed by atoms with Crippen molar-refractivity contribution in [2.24, 2.45) is 0 Å². The van der Waals surface area contributed by atoms with Crippen molar-refractivity contribution in [3.05, 3.63) is 51.3 Å². The van der Waals surface area contributed by atoms with Gasteiger partial charge in [0.2, 0.25) is 5.91 Å². The second-order valence-corrected chi connectivity index (χ2v) is 10.1. The van der Waals surface area contributed by atoms with Gasteiger partial charge in [-0.2, -0.15) is 5.10 Å². The third kappa shape index (κ3) is 5.64. The number of nitrogens with zero attached hydrogens (tertiary/aromatic N) is 1. The second kappa shape index (κ2) is 10.8. The lowest BCUT2D eigenvalue weighted by Gasteiger charge is -2.22. The zero-order chi connectivity index (χ0) is 24.1. The van der Waals surface area contributed by atoms with Crippen LogP contribution >= 0.6 is 11.3 Å². The molecule has 1 aliphatic rings. The van der Waals surface area contributed by atoms with E-state index in [0.29, 0.717) is 23.4 Å². The van der Waals surface area contributed by atoms with Crippen LogP contribution in [0.2, 0.25) is 0 Å². The molecular weight excluding hydrogens is 450 g/mol. The monoisotopic (exact) mass is 481 g/mol. The van der Waals surface area contributed by atoms with Gasteiger partial charge in [0.15, 0.2) is 0 Å². The lowest BCUT2D eigenvalue weighted by atomic mass is 9.95.